The van der Waals surface area contributed by atoms with Crippen LogP contribution in [-0.2, 0) is 11.2 Å². The molecule has 0 spiro atoms. The van der Waals surface area contributed by atoms with Crippen LogP contribution in [0.1, 0.15) is 12.0 Å². The maximum Gasteiger partial charge on any atom is 0.226 e. The fourth-order valence-electron chi connectivity index (χ4n) is 1.15. The molecule has 1 aromatic rings. The number of carbonyl (C=O) groups is 1. The molecule has 0 unspecified atom stereocenters. The third-order valence-corrected chi connectivity index (χ3v) is 2.27. The van der Waals surface area contributed by atoms with Crippen LogP contribution in [-0.4, -0.2) is 18.1 Å². The van der Waals surface area contributed by atoms with E-state index in [1.807, 2.05) is 30.3 Å². The predicted octanol–water partition coefficient (Wildman–Crippen LogP) is 1.24. The molecule has 0 aromatic heterocycles. The third-order valence-electron chi connectivity index (χ3n) is 1.96. The summed E-state index contributed by atoms with van der Waals surface area (Å²) in [6.07, 6.45) is 1.19. The van der Waals surface area contributed by atoms with E-state index < -0.39 is 0 Å². The van der Waals surface area contributed by atoms with Gasteiger partial charge in [-0.3, -0.25) is 4.79 Å². The lowest BCUT2D eigenvalue weighted by Crippen LogP contribution is -2.37. The van der Waals surface area contributed by atoms with Gasteiger partial charge in [-0.15, -0.1) is 0 Å². The SMILES string of the molecule is CNC(=S)NC(=O)CCc1ccccc1. The van der Waals surface area contributed by atoms with Gasteiger partial charge < -0.3 is 10.6 Å². The number of benzene rings is 1. The normalized spacial score (nSPS) is 9.40. The highest BCUT2D eigenvalue weighted by atomic mass is 32.1. The first-order valence-corrected chi connectivity index (χ1v) is 5.18. The highest BCUT2D eigenvalue weighted by Gasteiger charge is 2.03. The Kier molecular flexibility index (Phi) is 4.77. The van der Waals surface area contributed by atoms with Crippen molar-refractivity contribution in [2.24, 2.45) is 0 Å². The van der Waals surface area contributed by atoms with Crippen molar-refractivity contribution < 1.29 is 4.79 Å². The highest BCUT2D eigenvalue weighted by Crippen LogP contribution is 2.01. The van der Waals surface area contributed by atoms with Crippen LogP contribution in [0.4, 0.5) is 0 Å². The molecule has 0 aliphatic heterocycles. The summed E-state index contributed by atoms with van der Waals surface area (Å²) in [6.45, 7) is 0. The Morgan fingerprint density at radius 2 is 2.00 bits per heavy atom. The van der Waals surface area contributed by atoms with Gasteiger partial charge >= 0.3 is 0 Å². The van der Waals surface area contributed by atoms with Gasteiger partial charge in [0.15, 0.2) is 5.11 Å². The molecular formula is C11H14N2OS. The van der Waals surface area contributed by atoms with Crippen molar-refractivity contribution in [3.63, 3.8) is 0 Å². The zero-order chi connectivity index (χ0) is 11.1. The van der Waals surface area contributed by atoms with Gasteiger partial charge in [0.25, 0.3) is 0 Å². The van der Waals surface area contributed by atoms with Crippen molar-refractivity contribution in [2.45, 2.75) is 12.8 Å². The molecule has 2 N–H and O–H groups in total. The molecule has 0 aliphatic rings. The first-order valence-electron chi connectivity index (χ1n) is 4.78. The van der Waals surface area contributed by atoms with E-state index in [4.69, 9.17) is 12.2 Å². The second-order valence-electron chi connectivity index (χ2n) is 3.11. The summed E-state index contributed by atoms with van der Waals surface area (Å²) in [5, 5.41) is 5.64. The second kappa shape index (κ2) is 6.14. The van der Waals surface area contributed by atoms with Gasteiger partial charge in [-0.05, 0) is 24.2 Å². The van der Waals surface area contributed by atoms with Crippen LogP contribution in [0.3, 0.4) is 0 Å². The summed E-state index contributed by atoms with van der Waals surface area (Å²) in [5.41, 5.74) is 1.16. The standard InChI is InChI=1S/C11H14N2OS/c1-12-11(15)13-10(14)8-7-9-5-3-2-4-6-9/h2-6H,7-8H2,1H3,(H2,12,13,14,15). The fourth-order valence-corrected chi connectivity index (χ4v) is 1.27. The van der Waals surface area contributed by atoms with E-state index in [1.54, 1.807) is 7.05 Å². The smallest absolute Gasteiger partial charge is 0.226 e. The zero-order valence-corrected chi connectivity index (χ0v) is 9.43. The van der Waals surface area contributed by atoms with Crippen LogP contribution in [0.15, 0.2) is 30.3 Å². The molecule has 4 heteroatoms. The van der Waals surface area contributed by atoms with Gasteiger partial charge in [-0.2, -0.15) is 0 Å². The summed E-state index contributed by atoms with van der Waals surface area (Å²) in [5.74, 6) is -0.0572. The largest absolute Gasteiger partial charge is 0.365 e. The number of amides is 1. The summed E-state index contributed by atoms with van der Waals surface area (Å²) in [6, 6.07) is 9.89. The molecule has 1 aromatic carbocycles. The van der Waals surface area contributed by atoms with Gasteiger partial charge in [0.05, 0.1) is 0 Å². The van der Waals surface area contributed by atoms with Crippen LogP contribution in [0.25, 0.3) is 0 Å². The average Bonchev–Trinajstić information content (AvgIpc) is 2.27. The Hall–Kier alpha value is -1.42. The maximum atomic E-state index is 11.3. The Morgan fingerprint density at radius 3 is 2.60 bits per heavy atom. The van der Waals surface area contributed by atoms with Crippen LogP contribution >= 0.6 is 12.2 Å². The monoisotopic (exact) mass is 222 g/mol. The lowest BCUT2D eigenvalue weighted by atomic mass is 10.1. The van der Waals surface area contributed by atoms with Crippen molar-refractivity contribution in [1.29, 1.82) is 0 Å². The van der Waals surface area contributed by atoms with E-state index in [9.17, 15) is 4.79 Å². The Bertz CT molecular complexity index is 338. The van der Waals surface area contributed by atoms with Crippen molar-refractivity contribution in [3.8, 4) is 0 Å². The predicted molar refractivity (Wildman–Crippen MR) is 64.6 cm³/mol. The number of rotatable bonds is 3. The molecule has 15 heavy (non-hydrogen) atoms. The van der Waals surface area contributed by atoms with E-state index in [-0.39, 0.29) is 5.91 Å². The third kappa shape index (κ3) is 4.56. The number of nitrogens with one attached hydrogen (secondary N) is 2. The molecule has 80 valence electrons. The van der Waals surface area contributed by atoms with Gasteiger partial charge in [0, 0.05) is 13.5 Å². The molecule has 0 saturated heterocycles. The molecule has 0 radical (unpaired) electrons. The lowest BCUT2D eigenvalue weighted by Gasteiger charge is -2.05. The number of hydrogen-bond acceptors (Lipinski definition) is 2. The van der Waals surface area contributed by atoms with Gasteiger partial charge in [-0.1, -0.05) is 30.3 Å². The first kappa shape index (κ1) is 11.7. The molecule has 1 amide bonds. The van der Waals surface area contributed by atoms with Crippen molar-refractivity contribution in [3.05, 3.63) is 35.9 Å². The average molecular weight is 222 g/mol. The van der Waals surface area contributed by atoms with Crippen LogP contribution in [0.5, 0.6) is 0 Å². The first-order chi connectivity index (χ1) is 7.22. The minimum absolute atomic E-state index is 0.0572. The molecule has 0 fully saturated rings. The molecule has 0 atom stereocenters. The minimum Gasteiger partial charge on any atom is -0.365 e. The molecule has 0 aliphatic carbocycles. The van der Waals surface area contributed by atoms with E-state index >= 15 is 0 Å². The molecule has 3 nitrogen and oxygen atoms in total. The Labute approximate surface area is 94.9 Å². The molecule has 1 rings (SSSR count). The Morgan fingerprint density at radius 1 is 1.33 bits per heavy atom. The summed E-state index contributed by atoms with van der Waals surface area (Å²) < 4.78 is 0. The van der Waals surface area contributed by atoms with Crippen molar-refractivity contribution in [1.82, 2.24) is 10.6 Å². The van der Waals surface area contributed by atoms with Gasteiger partial charge in [0.2, 0.25) is 5.91 Å². The van der Waals surface area contributed by atoms with E-state index in [0.29, 0.717) is 11.5 Å². The molecule has 0 saturated carbocycles. The Balaban J connectivity index is 2.32. The van der Waals surface area contributed by atoms with E-state index in [2.05, 4.69) is 10.6 Å². The van der Waals surface area contributed by atoms with Crippen molar-refractivity contribution >= 4 is 23.2 Å². The van der Waals surface area contributed by atoms with Gasteiger partial charge in [0.1, 0.15) is 0 Å². The lowest BCUT2D eigenvalue weighted by molar-refractivity contribution is -0.119. The second-order valence-corrected chi connectivity index (χ2v) is 3.52. The molecule has 0 heterocycles. The topological polar surface area (TPSA) is 41.1 Å². The summed E-state index contributed by atoms with van der Waals surface area (Å²) >= 11 is 4.82. The van der Waals surface area contributed by atoms with Crippen LogP contribution < -0.4 is 10.6 Å². The highest BCUT2D eigenvalue weighted by molar-refractivity contribution is 7.80. The van der Waals surface area contributed by atoms with E-state index in [1.165, 1.54) is 0 Å². The van der Waals surface area contributed by atoms with Gasteiger partial charge in [-0.25, -0.2) is 0 Å². The zero-order valence-electron chi connectivity index (χ0n) is 8.62. The van der Waals surface area contributed by atoms with Crippen molar-refractivity contribution in [2.75, 3.05) is 7.05 Å². The number of hydrogen-bond donors (Lipinski definition) is 2. The maximum absolute atomic E-state index is 11.3. The van der Waals surface area contributed by atoms with Crippen LogP contribution in [0, 0.1) is 0 Å². The summed E-state index contributed by atoms with van der Waals surface area (Å²) in [4.78, 5) is 11.3. The quantitative estimate of drug-likeness (QED) is 0.756. The number of aryl methyl sites for hydroxylation is 1. The summed E-state index contributed by atoms with van der Waals surface area (Å²) in [7, 11) is 1.68. The number of carbonyl (C=O) groups excluding carboxylic acids is 1. The van der Waals surface area contributed by atoms with E-state index in [0.717, 1.165) is 12.0 Å². The van der Waals surface area contributed by atoms with Crippen LogP contribution in [0.2, 0.25) is 0 Å². The number of thiocarbonyl (C=S) groups is 1. The molecule has 0 bridgehead atoms. The molecular weight excluding hydrogens is 208 g/mol. The fraction of sp³-hybridized carbons (Fsp3) is 0.273. The minimum atomic E-state index is -0.0572.